The molecule has 0 atom stereocenters. The third kappa shape index (κ3) is 6.46. The third-order valence-electron chi connectivity index (χ3n) is 4.24. The lowest BCUT2D eigenvalue weighted by Crippen LogP contribution is -2.34. The van der Waals surface area contributed by atoms with Gasteiger partial charge in [-0.05, 0) is 36.4 Å². The summed E-state index contributed by atoms with van der Waals surface area (Å²) in [5.41, 5.74) is -0.360. The van der Waals surface area contributed by atoms with Crippen LogP contribution in [0.1, 0.15) is 45.7 Å². The van der Waals surface area contributed by atoms with Gasteiger partial charge >= 0.3 is 5.97 Å². The van der Waals surface area contributed by atoms with Gasteiger partial charge in [0.1, 0.15) is 0 Å². The monoisotopic (exact) mass is 466 g/mol. The number of carbonyl (C=O) groups excluding carboxylic acids is 3. The molecule has 168 valence electrons. The van der Waals surface area contributed by atoms with E-state index < -0.39 is 28.0 Å². The minimum Gasteiger partial charge on any atom is -0.454 e. The lowest BCUT2D eigenvalue weighted by Gasteiger charge is -2.17. The first-order chi connectivity index (χ1) is 14.3. The molecule has 1 aromatic carbocycles. The van der Waals surface area contributed by atoms with Gasteiger partial charge in [0.25, 0.3) is 0 Å². The number of thiophene rings is 1. The Hall–Kier alpha value is -2.56. The minimum absolute atomic E-state index is 0.0507. The van der Waals surface area contributed by atoms with Gasteiger partial charge in [0, 0.05) is 24.4 Å². The van der Waals surface area contributed by atoms with E-state index in [9.17, 15) is 22.8 Å². The second kappa shape index (κ2) is 9.71. The van der Waals surface area contributed by atoms with E-state index in [1.165, 1.54) is 49.7 Å². The first kappa shape index (κ1) is 24.7. The van der Waals surface area contributed by atoms with E-state index in [4.69, 9.17) is 4.74 Å². The van der Waals surface area contributed by atoms with Crippen LogP contribution in [0.5, 0.6) is 0 Å². The zero-order chi connectivity index (χ0) is 23.4. The Morgan fingerprint density at radius 1 is 1.03 bits per heavy atom. The lowest BCUT2D eigenvalue weighted by molar-refractivity contribution is -0.128. The van der Waals surface area contributed by atoms with Crippen molar-refractivity contribution in [2.45, 2.75) is 32.2 Å². The summed E-state index contributed by atoms with van der Waals surface area (Å²) in [4.78, 5) is 37.7. The van der Waals surface area contributed by atoms with Crippen molar-refractivity contribution in [3.05, 3.63) is 51.7 Å². The molecule has 0 saturated carbocycles. The second-order valence-corrected chi connectivity index (χ2v) is 11.3. The molecule has 1 heterocycles. The summed E-state index contributed by atoms with van der Waals surface area (Å²) in [6.07, 6.45) is 0. The van der Waals surface area contributed by atoms with Gasteiger partial charge in [-0.3, -0.25) is 9.59 Å². The van der Waals surface area contributed by atoms with E-state index in [0.29, 0.717) is 11.4 Å². The number of ether oxygens (including phenoxy) is 1. The molecule has 0 bridgehead atoms. The smallest absolute Gasteiger partial charge is 0.338 e. The highest BCUT2D eigenvalue weighted by Gasteiger charge is 2.21. The molecule has 1 amide bonds. The van der Waals surface area contributed by atoms with Gasteiger partial charge in [0.2, 0.25) is 21.7 Å². The molecular formula is C21H26N2O6S2. The quantitative estimate of drug-likeness (QED) is 0.473. The van der Waals surface area contributed by atoms with E-state index in [2.05, 4.69) is 5.32 Å². The molecule has 0 radical (unpaired) electrons. The third-order valence-corrected chi connectivity index (χ3v) is 7.20. The Bertz CT molecular complexity index is 1060. The molecule has 0 aliphatic carbocycles. The number of rotatable bonds is 8. The second-order valence-electron chi connectivity index (χ2n) is 8.01. The van der Waals surface area contributed by atoms with Gasteiger partial charge in [0.15, 0.2) is 6.61 Å². The molecule has 0 saturated heterocycles. The molecule has 0 unspecified atom stereocenters. The maximum absolute atomic E-state index is 12.3. The van der Waals surface area contributed by atoms with Crippen molar-refractivity contribution in [2.75, 3.05) is 20.7 Å². The lowest BCUT2D eigenvalue weighted by atomic mass is 9.96. The fourth-order valence-electron chi connectivity index (χ4n) is 2.31. The van der Waals surface area contributed by atoms with Crippen LogP contribution < -0.4 is 5.32 Å². The summed E-state index contributed by atoms with van der Waals surface area (Å²) in [6, 6.07) is 8.66. The van der Waals surface area contributed by atoms with Crippen LogP contribution in [0.25, 0.3) is 0 Å². The Labute approximate surface area is 186 Å². The number of nitrogens with zero attached hydrogens (tertiary/aromatic N) is 1. The van der Waals surface area contributed by atoms with Crippen LogP contribution in [0, 0.1) is 5.41 Å². The van der Waals surface area contributed by atoms with Crippen molar-refractivity contribution in [2.24, 2.45) is 5.41 Å². The van der Waals surface area contributed by atoms with Crippen molar-refractivity contribution >= 4 is 39.0 Å². The molecule has 2 aromatic rings. The predicted molar refractivity (Wildman–Crippen MR) is 118 cm³/mol. The van der Waals surface area contributed by atoms with E-state index in [-0.39, 0.29) is 22.1 Å². The van der Waals surface area contributed by atoms with E-state index in [0.717, 1.165) is 9.18 Å². The van der Waals surface area contributed by atoms with Crippen molar-refractivity contribution < 1.29 is 27.5 Å². The maximum Gasteiger partial charge on any atom is 0.338 e. The Morgan fingerprint density at radius 3 is 2.19 bits per heavy atom. The van der Waals surface area contributed by atoms with Crippen LogP contribution in [0.15, 0.2) is 41.3 Å². The number of esters is 1. The van der Waals surface area contributed by atoms with Crippen molar-refractivity contribution in [1.29, 1.82) is 0 Å². The van der Waals surface area contributed by atoms with Gasteiger partial charge in [-0.15, -0.1) is 11.3 Å². The van der Waals surface area contributed by atoms with Gasteiger partial charge < -0.3 is 10.1 Å². The number of amides is 1. The largest absolute Gasteiger partial charge is 0.454 e. The summed E-state index contributed by atoms with van der Waals surface area (Å²) in [5.74, 6) is -1.18. The van der Waals surface area contributed by atoms with Gasteiger partial charge in [-0.2, -0.15) is 0 Å². The highest BCUT2D eigenvalue weighted by Crippen LogP contribution is 2.19. The summed E-state index contributed by atoms with van der Waals surface area (Å²) in [7, 11) is -0.766. The zero-order valence-electron chi connectivity index (χ0n) is 18.1. The number of benzene rings is 1. The maximum atomic E-state index is 12.3. The molecule has 0 spiro atoms. The molecule has 1 N–H and O–H groups in total. The number of hydrogen-bond acceptors (Lipinski definition) is 7. The van der Waals surface area contributed by atoms with Crippen molar-refractivity contribution in [1.82, 2.24) is 9.62 Å². The molecule has 31 heavy (non-hydrogen) atoms. The molecule has 10 heteroatoms. The normalized spacial score (nSPS) is 11.9. The number of nitrogens with one attached hydrogen (secondary N) is 1. The predicted octanol–water partition coefficient (Wildman–Crippen LogP) is 2.70. The standard InChI is InChI=1S/C21H26N2O6S2/c1-21(2,3)20(26)22-12-15-8-11-18(30-15)17(24)13-29-19(25)14-6-9-16(10-7-14)31(27,28)23(4)5/h6-11H,12-13H2,1-5H3,(H,22,26). The van der Waals surface area contributed by atoms with Crippen LogP contribution in [-0.2, 0) is 26.1 Å². The number of carbonyl (C=O) groups is 3. The first-order valence-corrected chi connectivity index (χ1v) is 11.7. The topological polar surface area (TPSA) is 110 Å². The van der Waals surface area contributed by atoms with Gasteiger partial charge in [-0.1, -0.05) is 20.8 Å². The summed E-state index contributed by atoms with van der Waals surface area (Å²) < 4.78 is 30.3. The van der Waals surface area contributed by atoms with Gasteiger partial charge in [0.05, 0.1) is 21.9 Å². The number of hydrogen-bond donors (Lipinski definition) is 1. The molecule has 1 aromatic heterocycles. The van der Waals surface area contributed by atoms with Crippen LogP contribution in [-0.4, -0.2) is 51.1 Å². The Balaban J connectivity index is 1.92. The fourth-order valence-corrected chi connectivity index (χ4v) is 4.09. The fraction of sp³-hybridized carbons (Fsp3) is 0.381. The van der Waals surface area contributed by atoms with E-state index in [1.54, 1.807) is 12.1 Å². The highest BCUT2D eigenvalue weighted by molar-refractivity contribution is 7.89. The van der Waals surface area contributed by atoms with Crippen molar-refractivity contribution in [3.8, 4) is 0 Å². The molecular weight excluding hydrogens is 440 g/mol. The van der Waals surface area contributed by atoms with E-state index in [1.807, 2.05) is 20.8 Å². The minimum atomic E-state index is -3.60. The molecule has 2 rings (SSSR count). The van der Waals surface area contributed by atoms with Crippen molar-refractivity contribution in [3.63, 3.8) is 0 Å². The molecule has 8 nitrogen and oxygen atoms in total. The van der Waals surface area contributed by atoms with Crippen LogP contribution in [0.2, 0.25) is 0 Å². The molecule has 0 aliphatic rings. The number of sulfonamides is 1. The van der Waals surface area contributed by atoms with Crippen LogP contribution >= 0.6 is 11.3 Å². The van der Waals surface area contributed by atoms with Crippen LogP contribution in [0.4, 0.5) is 0 Å². The van der Waals surface area contributed by atoms with Crippen LogP contribution in [0.3, 0.4) is 0 Å². The number of Topliss-reactive ketones (excluding diaryl/α,β-unsaturated/α-hetero) is 1. The average molecular weight is 467 g/mol. The zero-order valence-corrected chi connectivity index (χ0v) is 19.7. The first-order valence-electron chi connectivity index (χ1n) is 9.42. The molecule has 0 fully saturated rings. The highest BCUT2D eigenvalue weighted by atomic mass is 32.2. The summed E-state index contributed by atoms with van der Waals surface area (Å²) >= 11 is 1.22. The Morgan fingerprint density at radius 2 is 1.65 bits per heavy atom. The van der Waals surface area contributed by atoms with E-state index >= 15 is 0 Å². The van der Waals surface area contributed by atoms with Gasteiger partial charge in [-0.25, -0.2) is 17.5 Å². The SMILES string of the molecule is CN(C)S(=O)(=O)c1ccc(C(=O)OCC(=O)c2ccc(CNC(=O)C(C)(C)C)s2)cc1. The Kier molecular flexibility index (Phi) is 7.74. The summed E-state index contributed by atoms with van der Waals surface area (Å²) in [6.45, 7) is 5.32. The molecule has 0 aliphatic heterocycles. The summed E-state index contributed by atoms with van der Waals surface area (Å²) in [5, 5.41) is 2.81. The number of ketones is 1. The average Bonchev–Trinajstić information content (AvgIpc) is 3.18.